The third-order valence-electron chi connectivity index (χ3n) is 9.14. The molecule has 0 spiro atoms. The lowest BCUT2D eigenvalue weighted by atomic mass is 10.0. The van der Waals surface area contributed by atoms with Crippen LogP contribution in [0.2, 0.25) is 5.02 Å². The van der Waals surface area contributed by atoms with E-state index in [1.54, 1.807) is 30.3 Å². The molecule has 1 aromatic heterocycles. The van der Waals surface area contributed by atoms with Crippen molar-refractivity contribution in [1.82, 2.24) is 25.6 Å². The normalized spacial score (nSPS) is 13.2. The second-order valence-corrected chi connectivity index (χ2v) is 13.9. The number of alkyl halides is 3. The fourth-order valence-electron chi connectivity index (χ4n) is 5.96. The molecule has 5 N–H and O–H groups in total. The average molecular weight is 847 g/mol. The summed E-state index contributed by atoms with van der Waals surface area (Å²) >= 11 is 6.04. The van der Waals surface area contributed by atoms with Gasteiger partial charge < -0.3 is 40.8 Å². The van der Waals surface area contributed by atoms with Gasteiger partial charge in [-0.1, -0.05) is 54.1 Å². The zero-order valence-electron chi connectivity index (χ0n) is 32.1. The van der Waals surface area contributed by atoms with E-state index in [9.17, 15) is 32.3 Å². The summed E-state index contributed by atoms with van der Waals surface area (Å²) in [4.78, 5) is 63.4. The molecule has 3 amide bonds. The summed E-state index contributed by atoms with van der Waals surface area (Å²) in [6.45, 7) is -1.80. The SMILES string of the molecule is COC(=O)[C@H](CCNC(=O)C(=O)Nc1ccc(-c2ccccc2)c(OC)c1)NC(=O)c1ccc(Nc2nc(NC3(c4ccc(Cl)cc4)CC3)nc(OCC(F)(F)F)n2)cc1. The number of aromatic nitrogens is 3. The van der Waals surface area contributed by atoms with Gasteiger partial charge in [0.1, 0.15) is 11.8 Å². The Balaban J connectivity index is 1.05. The molecule has 15 nitrogen and oxygen atoms in total. The number of benzene rings is 4. The van der Waals surface area contributed by atoms with E-state index in [0.717, 1.165) is 23.8 Å². The first kappa shape index (κ1) is 42.7. The van der Waals surface area contributed by atoms with Crippen LogP contribution < -0.4 is 36.1 Å². The summed E-state index contributed by atoms with van der Waals surface area (Å²) in [6, 6.07) is 25.6. The van der Waals surface area contributed by atoms with Gasteiger partial charge in [-0.3, -0.25) is 14.4 Å². The fraction of sp³-hybridized carbons (Fsp3) is 0.244. The Kier molecular flexibility index (Phi) is 13.3. The monoisotopic (exact) mass is 846 g/mol. The Bertz CT molecular complexity index is 2330. The second kappa shape index (κ2) is 18.8. The van der Waals surface area contributed by atoms with Gasteiger partial charge in [0, 0.05) is 40.1 Å². The molecule has 19 heteroatoms. The quantitative estimate of drug-likeness (QED) is 0.0543. The maximum absolute atomic E-state index is 13.2. The van der Waals surface area contributed by atoms with Crippen LogP contribution in [0.15, 0.2) is 97.1 Å². The number of methoxy groups -OCH3 is 2. The molecule has 6 rings (SSSR count). The van der Waals surface area contributed by atoms with Gasteiger partial charge in [-0.15, -0.1) is 0 Å². The highest BCUT2D eigenvalue weighted by molar-refractivity contribution is 6.39. The highest BCUT2D eigenvalue weighted by atomic mass is 35.5. The Morgan fingerprint density at radius 2 is 1.52 bits per heavy atom. The van der Waals surface area contributed by atoms with Crippen LogP contribution >= 0.6 is 11.6 Å². The highest BCUT2D eigenvalue weighted by Crippen LogP contribution is 2.48. The van der Waals surface area contributed by atoms with E-state index >= 15 is 0 Å². The molecular formula is C41H38ClF3N8O7. The Labute approximate surface area is 346 Å². The molecule has 0 saturated heterocycles. The van der Waals surface area contributed by atoms with Crippen LogP contribution in [-0.4, -0.2) is 78.2 Å². The number of amides is 3. The van der Waals surface area contributed by atoms with Gasteiger partial charge in [0.2, 0.25) is 11.9 Å². The van der Waals surface area contributed by atoms with Crippen molar-refractivity contribution in [2.24, 2.45) is 0 Å². The van der Waals surface area contributed by atoms with Crippen molar-refractivity contribution in [2.75, 3.05) is 43.3 Å². The van der Waals surface area contributed by atoms with Crippen LogP contribution in [-0.2, 0) is 24.7 Å². The Hall–Kier alpha value is -6.95. The van der Waals surface area contributed by atoms with Gasteiger partial charge in [0.05, 0.1) is 19.8 Å². The predicted octanol–water partition coefficient (Wildman–Crippen LogP) is 6.40. The van der Waals surface area contributed by atoms with E-state index in [2.05, 4.69) is 41.5 Å². The minimum atomic E-state index is -4.64. The minimum Gasteiger partial charge on any atom is -0.496 e. The topological polar surface area (TPSA) is 195 Å². The summed E-state index contributed by atoms with van der Waals surface area (Å²) in [5, 5.41) is 14.1. The first-order chi connectivity index (χ1) is 28.7. The molecule has 1 atom stereocenters. The Morgan fingerprint density at radius 1 is 0.833 bits per heavy atom. The summed E-state index contributed by atoms with van der Waals surface area (Å²) in [5.74, 6) is -3.09. The third kappa shape index (κ3) is 11.4. The van der Waals surface area contributed by atoms with Gasteiger partial charge >= 0.3 is 30.0 Å². The standard InChI is InChI=1S/C41H38ClF3N8O7/c1-58-32-22-29(16-17-30(32)24-6-4-3-5-7-24)47-35(56)34(55)46-21-18-31(36(57)59-2)49-33(54)25-8-14-28(15-9-25)48-37-50-38(52-39(51-37)60-23-41(43,44)45)53-40(19-20-40)26-10-12-27(42)13-11-26/h3-17,22,31H,18-21,23H2,1-2H3,(H,46,55)(H,47,56)(H,49,54)(H2,48,50,51,52,53)/t31-/m0/s1. The smallest absolute Gasteiger partial charge is 0.422 e. The van der Waals surface area contributed by atoms with Crippen molar-refractivity contribution in [2.45, 2.75) is 37.0 Å². The average Bonchev–Trinajstić information content (AvgIpc) is 4.02. The maximum Gasteiger partial charge on any atom is 0.422 e. The largest absolute Gasteiger partial charge is 0.496 e. The zero-order chi connectivity index (χ0) is 42.9. The number of rotatable bonds is 16. The van der Waals surface area contributed by atoms with Gasteiger partial charge in [0.15, 0.2) is 6.61 Å². The van der Waals surface area contributed by atoms with Crippen LogP contribution in [0, 0.1) is 0 Å². The van der Waals surface area contributed by atoms with Gasteiger partial charge in [-0.05, 0) is 78.9 Å². The van der Waals surface area contributed by atoms with Crippen molar-refractivity contribution < 1.29 is 46.6 Å². The number of hydrogen-bond acceptors (Lipinski definition) is 12. The Morgan fingerprint density at radius 3 is 2.17 bits per heavy atom. The summed E-state index contributed by atoms with van der Waals surface area (Å²) in [7, 11) is 2.62. The van der Waals surface area contributed by atoms with E-state index < -0.39 is 54.1 Å². The molecule has 0 radical (unpaired) electrons. The van der Waals surface area contributed by atoms with Crippen LogP contribution in [0.4, 0.5) is 36.4 Å². The fourth-order valence-corrected chi connectivity index (χ4v) is 6.09. The number of carbonyl (C=O) groups is 4. The van der Waals surface area contributed by atoms with Crippen LogP contribution in [0.1, 0.15) is 35.2 Å². The minimum absolute atomic E-state index is 0.0340. The third-order valence-corrected chi connectivity index (χ3v) is 9.39. The molecule has 5 aromatic rings. The van der Waals surface area contributed by atoms with E-state index in [1.807, 2.05) is 42.5 Å². The molecule has 1 aliphatic rings. The summed E-state index contributed by atoms with van der Waals surface area (Å²) < 4.78 is 54.1. The van der Waals surface area contributed by atoms with Crippen molar-refractivity contribution in [3.8, 4) is 22.9 Å². The number of nitrogens with one attached hydrogen (secondary N) is 5. The predicted molar refractivity (Wildman–Crippen MR) is 215 cm³/mol. The first-order valence-electron chi connectivity index (χ1n) is 18.3. The van der Waals surface area contributed by atoms with Crippen molar-refractivity contribution >= 4 is 58.6 Å². The number of carbonyl (C=O) groups excluding carboxylic acids is 4. The van der Waals surface area contributed by atoms with Crippen LogP contribution in [0.5, 0.6) is 11.8 Å². The molecule has 0 bridgehead atoms. The lowest BCUT2D eigenvalue weighted by molar-refractivity contribution is -0.154. The molecule has 4 aromatic carbocycles. The van der Waals surface area contributed by atoms with Crippen molar-refractivity contribution in [1.29, 1.82) is 0 Å². The molecule has 60 heavy (non-hydrogen) atoms. The lowest BCUT2D eigenvalue weighted by Crippen LogP contribution is -2.44. The molecule has 0 unspecified atom stereocenters. The number of esters is 1. The van der Waals surface area contributed by atoms with Crippen molar-refractivity contribution in [3.05, 3.63) is 113 Å². The maximum atomic E-state index is 13.2. The van der Waals surface area contributed by atoms with E-state index in [1.165, 1.54) is 31.4 Å². The molecule has 0 aliphatic heterocycles. The first-order valence-corrected chi connectivity index (χ1v) is 18.7. The van der Waals surface area contributed by atoms with Crippen LogP contribution in [0.3, 0.4) is 0 Å². The number of nitrogens with zero attached hydrogens (tertiary/aromatic N) is 3. The molecule has 1 heterocycles. The number of halogens is 4. The second-order valence-electron chi connectivity index (χ2n) is 13.4. The number of ether oxygens (including phenoxy) is 3. The zero-order valence-corrected chi connectivity index (χ0v) is 32.8. The number of hydrogen-bond donors (Lipinski definition) is 5. The molecule has 1 saturated carbocycles. The van der Waals surface area contributed by atoms with E-state index in [4.69, 9.17) is 25.8 Å². The highest BCUT2D eigenvalue weighted by Gasteiger charge is 2.45. The molecular weight excluding hydrogens is 809 g/mol. The van der Waals surface area contributed by atoms with Crippen molar-refractivity contribution in [3.63, 3.8) is 0 Å². The molecule has 1 fully saturated rings. The van der Waals surface area contributed by atoms with Gasteiger partial charge in [-0.2, -0.15) is 28.1 Å². The summed E-state index contributed by atoms with van der Waals surface area (Å²) in [6.07, 6.45) is -3.36. The van der Waals surface area contributed by atoms with Crippen LogP contribution in [0.25, 0.3) is 11.1 Å². The van der Waals surface area contributed by atoms with E-state index in [-0.39, 0.29) is 30.4 Å². The van der Waals surface area contributed by atoms with E-state index in [0.29, 0.717) is 35.0 Å². The molecule has 1 aliphatic carbocycles. The molecule has 312 valence electrons. The number of anilines is 4. The van der Waals surface area contributed by atoms with Gasteiger partial charge in [0.25, 0.3) is 5.91 Å². The van der Waals surface area contributed by atoms with Gasteiger partial charge in [-0.25, -0.2) is 4.79 Å². The summed E-state index contributed by atoms with van der Waals surface area (Å²) in [5.41, 5.74) is 2.81. The lowest BCUT2D eigenvalue weighted by Gasteiger charge is -2.19.